The zero-order chi connectivity index (χ0) is 14.4. The number of aromatic amines is 1. The SMILES string of the molecule is CCc1nn(C)c2c1[nH]c(=S)n2C(C)c1nncn1C. The number of imidazole rings is 1. The Morgan fingerprint density at radius 1 is 1.40 bits per heavy atom. The summed E-state index contributed by atoms with van der Waals surface area (Å²) < 4.78 is 6.49. The van der Waals surface area contributed by atoms with E-state index in [1.807, 2.05) is 27.9 Å². The Bertz CT molecular complexity index is 819. The van der Waals surface area contributed by atoms with Crippen LogP contribution >= 0.6 is 12.2 Å². The van der Waals surface area contributed by atoms with Crippen molar-refractivity contribution in [2.24, 2.45) is 14.1 Å². The number of hydrogen-bond donors (Lipinski definition) is 1. The van der Waals surface area contributed by atoms with E-state index < -0.39 is 0 Å². The average Bonchev–Trinajstić information content (AvgIpc) is 3.05. The van der Waals surface area contributed by atoms with Crippen molar-refractivity contribution in [3.63, 3.8) is 0 Å². The van der Waals surface area contributed by atoms with Gasteiger partial charge in [0.2, 0.25) is 0 Å². The normalized spacial score (nSPS) is 13.2. The molecule has 0 saturated carbocycles. The van der Waals surface area contributed by atoms with Crippen molar-refractivity contribution < 1.29 is 0 Å². The molecule has 0 aliphatic heterocycles. The van der Waals surface area contributed by atoms with Crippen molar-refractivity contribution in [2.45, 2.75) is 26.3 Å². The molecule has 3 heterocycles. The van der Waals surface area contributed by atoms with Crippen molar-refractivity contribution in [1.82, 2.24) is 34.1 Å². The number of H-pyrrole nitrogens is 1. The summed E-state index contributed by atoms with van der Waals surface area (Å²) in [6.45, 7) is 4.15. The first kappa shape index (κ1) is 13.0. The lowest BCUT2D eigenvalue weighted by molar-refractivity contribution is 0.566. The maximum absolute atomic E-state index is 5.48. The maximum atomic E-state index is 5.48. The van der Waals surface area contributed by atoms with Gasteiger partial charge >= 0.3 is 0 Å². The van der Waals surface area contributed by atoms with Gasteiger partial charge in [0, 0.05) is 14.1 Å². The second-order valence-corrected chi connectivity index (χ2v) is 5.29. The smallest absolute Gasteiger partial charge is 0.180 e. The number of nitrogens with one attached hydrogen (secondary N) is 1. The molecule has 0 bridgehead atoms. The Labute approximate surface area is 121 Å². The molecule has 0 aliphatic rings. The van der Waals surface area contributed by atoms with Gasteiger partial charge in [0.15, 0.2) is 16.2 Å². The summed E-state index contributed by atoms with van der Waals surface area (Å²) in [6.07, 6.45) is 2.56. The molecule has 8 heteroatoms. The summed E-state index contributed by atoms with van der Waals surface area (Å²) >= 11 is 5.48. The molecule has 0 aliphatic carbocycles. The lowest BCUT2D eigenvalue weighted by Gasteiger charge is -2.13. The average molecular weight is 291 g/mol. The largest absolute Gasteiger partial charge is 0.328 e. The Morgan fingerprint density at radius 2 is 2.15 bits per heavy atom. The first-order valence-corrected chi connectivity index (χ1v) is 6.95. The van der Waals surface area contributed by atoms with Crippen molar-refractivity contribution in [3.05, 3.63) is 22.6 Å². The number of aromatic nitrogens is 7. The van der Waals surface area contributed by atoms with Gasteiger partial charge in [0.1, 0.15) is 11.8 Å². The third kappa shape index (κ3) is 1.71. The molecule has 0 saturated heterocycles. The Morgan fingerprint density at radius 3 is 2.75 bits per heavy atom. The van der Waals surface area contributed by atoms with Crippen LogP contribution in [0.1, 0.15) is 31.4 Å². The van der Waals surface area contributed by atoms with Crippen LogP contribution in [0, 0.1) is 4.77 Å². The van der Waals surface area contributed by atoms with Crippen molar-refractivity contribution >= 4 is 23.4 Å². The van der Waals surface area contributed by atoms with Crippen LogP contribution in [0.5, 0.6) is 0 Å². The van der Waals surface area contributed by atoms with Crippen LogP contribution in [0.2, 0.25) is 0 Å². The topological polar surface area (TPSA) is 69.2 Å². The van der Waals surface area contributed by atoms with Crippen LogP contribution in [0.25, 0.3) is 11.2 Å². The van der Waals surface area contributed by atoms with E-state index >= 15 is 0 Å². The van der Waals surface area contributed by atoms with E-state index in [4.69, 9.17) is 12.2 Å². The van der Waals surface area contributed by atoms with Gasteiger partial charge in [-0.25, -0.2) is 0 Å². The lowest BCUT2D eigenvalue weighted by Crippen LogP contribution is -2.13. The first-order valence-electron chi connectivity index (χ1n) is 6.54. The molecule has 3 aromatic rings. The highest BCUT2D eigenvalue weighted by atomic mass is 32.1. The number of nitrogens with zero attached hydrogens (tertiary/aromatic N) is 6. The summed E-state index contributed by atoms with van der Waals surface area (Å²) in [6, 6.07) is -0.0103. The number of rotatable bonds is 3. The van der Waals surface area contributed by atoms with Crippen LogP contribution in [0.3, 0.4) is 0 Å². The highest BCUT2D eigenvalue weighted by Crippen LogP contribution is 2.24. The summed E-state index contributed by atoms with van der Waals surface area (Å²) in [5.74, 6) is 0.862. The molecule has 106 valence electrons. The van der Waals surface area contributed by atoms with Gasteiger partial charge in [-0.1, -0.05) is 6.92 Å². The highest BCUT2D eigenvalue weighted by molar-refractivity contribution is 7.71. The van der Waals surface area contributed by atoms with E-state index in [0.29, 0.717) is 4.77 Å². The van der Waals surface area contributed by atoms with Gasteiger partial charge < -0.3 is 9.55 Å². The van der Waals surface area contributed by atoms with Crippen LogP contribution in [0.4, 0.5) is 0 Å². The Hall–Kier alpha value is -1.96. The van der Waals surface area contributed by atoms with Gasteiger partial charge in [0.05, 0.1) is 11.7 Å². The van der Waals surface area contributed by atoms with Gasteiger partial charge in [-0.2, -0.15) is 5.10 Å². The maximum Gasteiger partial charge on any atom is 0.180 e. The lowest BCUT2D eigenvalue weighted by atomic mass is 10.3. The molecule has 0 radical (unpaired) electrons. The van der Waals surface area contributed by atoms with Crippen molar-refractivity contribution in [2.75, 3.05) is 0 Å². The van der Waals surface area contributed by atoms with Crippen LogP contribution in [0.15, 0.2) is 6.33 Å². The fraction of sp³-hybridized carbons (Fsp3) is 0.500. The first-order chi connectivity index (χ1) is 9.54. The third-order valence-corrected chi connectivity index (χ3v) is 3.91. The van der Waals surface area contributed by atoms with Crippen molar-refractivity contribution in [3.8, 4) is 0 Å². The molecule has 0 amide bonds. The Kier molecular flexibility index (Phi) is 2.97. The second-order valence-electron chi connectivity index (χ2n) is 4.90. The molecule has 3 rings (SSSR count). The van der Waals surface area contributed by atoms with Gasteiger partial charge in [-0.3, -0.25) is 9.25 Å². The zero-order valence-corrected chi connectivity index (χ0v) is 12.8. The van der Waals surface area contributed by atoms with Crippen LogP contribution in [-0.4, -0.2) is 34.1 Å². The van der Waals surface area contributed by atoms with Crippen LogP contribution in [-0.2, 0) is 20.5 Å². The zero-order valence-electron chi connectivity index (χ0n) is 12.0. The highest BCUT2D eigenvalue weighted by Gasteiger charge is 2.21. The summed E-state index contributed by atoms with van der Waals surface area (Å²) in [5, 5.41) is 12.6. The molecule has 1 unspecified atom stereocenters. The Balaban J connectivity index is 2.26. The molecule has 0 aromatic carbocycles. The predicted molar refractivity (Wildman–Crippen MR) is 78.1 cm³/mol. The molecular weight excluding hydrogens is 274 g/mol. The summed E-state index contributed by atoms with van der Waals surface area (Å²) in [4.78, 5) is 3.27. The van der Waals surface area contributed by atoms with E-state index in [-0.39, 0.29) is 6.04 Å². The minimum atomic E-state index is -0.0103. The monoisotopic (exact) mass is 291 g/mol. The minimum Gasteiger partial charge on any atom is -0.328 e. The van der Waals surface area contributed by atoms with Gasteiger partial charge in [-0.15, -0.1) is 10.2 Å². The van der Waals surface area contributed by atoms with Gasteiger partial charge in [0.25, 0.3) is 0 Å². The second kappa shape index (κ2) is 4.55. The minimum absolute atomic E-state index is 0.0103. The fourth-order valence-corrected chi connectivity index (χ4v) is 2.98. The fourth-order valence-electron chi connectivity index (χ4n) is 2.63. The van der Waals surface area contributed by atoms with E-state index in [1.165, 1.54) is 0 Å². The summed E-state index contributed by atoms with van der Waals surface area (Å²) in [7, 11) is 3.87. The van der Waals surface area contributed by atoms with E-state index in [9.17, 15) is 0 Å². The summed E-state index contributed by atoms with van der Waals surface area (Å²) in [5.41, 5.74) is 3.02. The number of fused-ring (bicyclic) bond motifs is 1. The quantitative estimate of drug-likeness (QED) is 0.746. The third-order valence-electron chi connectivity index (χ3n) is 3.61. The molecule has 0 fully saturated rings. The van der Waals surface area contributed by atoms with E-state index in [2.05, 4.69) is 34.1 Å². The van der Waals surface area contributed by atoms with E-state index in [1.54, 1.807) is 6.33 Å². The number of aryl methyl sites for hydroxylation is 3. The number of hydrogen-bond acceptors (Lipinski definition) is 4. The molecule has 20 heavy (non-hydrogen) atoms. The molecular formula is C12H17N7S. The standard InChI is InChI=1S/C12H17N7S/c1-5-8-9-11(18(4)16-8)19(12(20)14-9)7(2)10-15-13-6-17(10)3/h6-7H,5H2,1-4H3,(H,14,20). The molecule has 0 spiro atoms. The van der Waals surface area contributed by atoms with E-state index in [0.717, 1.165) is 29.1 Å². The molecule has 7 nitrogen and oxygen atoms in total. The molecule has 1 atom stereocenters. The molecule has 1 N–H and O–H groups in total. The van der Waals surface area contributed by atoms with Crippen LogP contribution < -0.4 is 0 Å². The predicted octanol–water partition coefficient (Wildman–Crippen LogP) is 1.73. The van der Waals surface area contributed by atoms with Crippen molar-refractivity contribution in [1.29, 1.82) is 0 Å². The van der Waals surface area contributed by atoms with Gasteiger partial charge in [-0.05, 0) is 25.6 Å². The molecule has 3 aromatic heterocycles.